The number of alkyl halides is 3. The fourth-order valence-electron chi connectivity index (χ4n) is 6.07. The summed E-state index contributed by atoms with van der Waals surface area (Å²) in [6.45, 7) is -3.51. The van der Waals surface area contributed by atoms with Crippen molar-refractivity contribution in [3.8, 4) is 5.75 Å². The molecule has 4 saturated carbocycles. The third kappa shape index (κ3) is 5.25. The van der Waals surface area contributed by atoms with Gasteiger partial charge in [-0.1, -0.05) is 15.9 Å². The molecule has 9 heteroatoms. The highest BCUT2D eigenvalue weighted by atomic mass is 79.9. The Hall–Kier alpha value is -2.03. The summed E-state index contributed by atoms with van der Waals surface area (Å²) < 4.78 is 33.8. The Labute approximate surface area is 187 Å². The molecule has 31 heavy (non-hydrogen) atoms. The van der Waals surface area contributed by atoms with Crippen LogP contribution in [0.4, 0.5) is 8.78 Å². The van der Waals surface area contributed by atoms with E-state index in [9.17, 15) is 23.2 Å². The Morgan fingerprint density at radius 3 is 2.32 bits per heavy atom. The molecule has 0 saturated heterocycles. The van der Waals surface area contributed by atoms with Crippen LogP contribution in [0.2, 0.25) is 0 Å². The average molecular weight is 500 g/mol. The molecule has 6 nitrogen and oxygen atoms in total. The van der Waals surface area contributed by atoms with E-state index in [4.69, 9.17) is 4.74 Å². The molecule has 1 aromatic rings. The lowest BCUT2D eigenvalue weighted by Crippen LogP contribution is -2.53. The lowest BCUT2D eigenvalue weighted by Gasteiger charge is -2.60. The first-order valence-corrected chi connectivity index (χ1v) is 11.2. The molecule has 0 spiro atoms. The Morgan fingerprint density at radius 2 is 1.74 bits per heavy atom. The Kier molecular flexibility index (Phi) is 6.07. The van der Waals surface area contributed by atoms with Crippen molar-refractivity contribution < 1.29 is 32.6 Å². The van der Waals surface area contributed by atoms with Gasteiger partial charge in [0.15, 0.2) is 6.61 Å². The Morgan fingerprint density at radius 1 is 1.10 bits per heavy atom. The second kappa shape index (κ2) is 8.48. The molecule has 4 aliphatic carbocycles. The number of hydrogen-bond acceptors (Lipinski definition) is 5. The molecule has 0 radical (unpaired) electrons. The summed E-state index contributed by atoms with van der Waals surface area (Å²) in [7, 11) is 0. The molecule has 4 aliphatic rings. The second-order valence-corrected chi connectivity index (χ2v) is 10.9. The number of rotatable bonds is 7. The fourth-order valence-corrected chi connectivity index (χ4v) is 7.58. The van der Waals surface area contributed by atoms with Crippen LogP contribution in [0.5, 0.6) is 5.75 Å². The summed E-state index contributed by atoms with van der Waals surface area (Å²) in [6, 6.07) is 4.92. The summed E-state index contributed by atoms with van der Waals surface area (Å²) in [5.74, 6) is -0.685. The number of ether oxygens (including phenoxy) is 2. The monoisotopic (exact) mass is 499 g/mol. The van der Waals surface area contributed by atoms with E-state index in [0.717, 1.165) is 19.3 Å². The zero-order valence-electron chi connectivity index (χ0n) is 16.9. The largest absolute Gasteiger partial charge is 0.456 e. The van der Waals surface area contributed by atoms with Gasteiger partial charge < -0.3 is 9.47 Å². The third-order valence-electron chi connectivity index (χ3n) is 6.59. The van der Waals surface area contributed by atoms with E-state index in [0.29, 0.717) is 18.3 Å². The van der Waals surface area contributed by atoms with E-state index in [-0.39, 0.29) is 21.1 Å². The molecule has 0 aromatic heterocycles. The second-order valence-electron chi connectivity index (χ2n) is 9.23. The molecule has 0 heterocycles. The van der Waals surface area contributed by atoms with Crippen LogP contribution >= 0.6 is 15.9 Å². The van der Waals surface area contributed by atoms with Gasteiger partial charge in [0.25, 0.3) is 11.8 Å². The van der Waals surface area contributed by atoms with E-state index in [1.54, 1.807) is 0 Å². The van der Waals surface area contributed by atoms with Crippen LogP contribution in [0.25, 0.3) is 0 Å². The zero-order valence-corrected chi connectivity index (χ0v) is 18.5. The van der Waals surface area contributed by atoms with Crippen molar-refractivity contribution in [2.75, 3.05) is 6.61 Å². The number of imide groups is 1. The van der Waals surface area contributed by atoms with Gasteiger partial charge in [0, 0.05) is 9.89 Å². The van der Waals surface area contributed by atoms with Crippen molar-refractivity contribution >= 4 is 33.7 Å². The summed E-state index contributed by atoms with van der Waals surface area (Å²) in [5, 5.41) is 2.13. The van der Waals surface area contributed by atoms with Gasteiger partial charge in [0.05, 0.1) is 6.42 Å². The van der Waals surface area contributed by atoms with Gasteiger partial charge in [0.1, 0.15) is 5.75 Å². The van der Waals surface area contributed by atoms with Crippen molar-refractivity contribution in [1.29, 1.82) is 0 Å². The minimum Gasteiger partial charge on any atom is -0.456 e. The van der Waals surface area contributed by atoms with Gasteiger partial charge in [-0.25, -0.2) is 0 Å². The van der Waals surface area contributed by atoms with Crippen molar-refractivity contribution in [1.82, 2.24) is 5.32 Å². The van der Waals surface area contributed by atoms with Crippen molar-refractivity contribution in [3.63, 3.8) is 0 Å². The number of esters is 1. The van der Waals surface area contributed by atoms with Crippen LogP contribution in [0.1, 0.15) is 55.3 Å². The highest BCUT2D eigenvalue weighted by Gasteiger charge is 2.57. The maximum Gasteiger partial charge on any atom is 0.387 e. The van der Waals surface area contributed by atoms with Crippen LogP contribution < -0.4 is 10.1 Å². The van der Waals surface area contributed by atoms with E-state index in [1.807, 2.05) is 0 Å². The molecule has 168 valence electrons. The summed E-state index contributed by atoms with van der Waals surface area (Å²) in [5.41, 5.74) is 0.0383. The van der Waals surface area contributed by atoms with Crippen molar-refractivity contribution in [2.24, 2.45) is 17.3 Å². The number of carbonyl (C=O) groups is 3. The van der Waals surface area contributed by atoms with Crippen LogP contribution in [0.15, 0.2) is 24.3 Å². The molecule has 4 fully saturated rings. The van der Waals surface area contributed by atoms with Crippen molar-refractivity contribution in [2.45, 2.75) is 55.9 Å². The highest BCUT2D eigenvalue weighted by Crippen LogP contribution is 2.65. The van der Waals surface area contributed by atoms with Crippen LogP contribution in [0.3, 0.4) is 0 Å². The minimum atomic E-state index is -2.96. The zero-order chi connectivity index (χ0) is 22.2. The van der Waals surface area contributed by atoms with E-state index >= 15 is 0 Å². The Balaban J connectivity index is 1.24. The maximum atomic E-state index is 12.4. The first kappa shape index (κ1) is 22.2. The molecule has 1 aromatic carbocycles. The van der Waals surface area contributed by atoms with Gasteiger partial charge >= 0.3 is 12.6 Å². The van der Waals surface area contributed by atoms with Gasteiger partial charge in [0.2, 0.25) is 0 Å². The number of halogens is 3. The number of amides is 2. The molecule has 4 atom stereocenters. The molecular formula is C22H24BrF2NO5. The fraction of sp³-hybridized carbons (Fsp3) is 0.591. The van der Waals surface area contributed by atoms with E-state index < -0.39 is 31.0 Å². The van der Waals surface area contributed by atoms with Crippen molar-refractivity contribution in [3.05, 3.63) is 29.8 Å². The van der Waals surface area contributed by atoms with Gasteiger partial charge in [-0.3, -0.25) is 19.7 Å². The van der Waals surface area contributed by atoms with Gasteiger partial charge in [-0.05, 0) is 80.0 Å². The maximum absolute atomic E-state index is 12.4. The molecule has 2 amide bonds. The number of benzene rings is 1. The molecule has 5 rings (SSSR count). The normalized spacial score (nSPS) is 30.8. The predicted molar refractivity (Wildman–Crippen MR) is 110 cm³/mol. The summed E-state index contributed by atoms with van der Waals surface area (Å²) >= 11 is 3.91. The predicted octanol–water partition coefficient (Wildman–Crippen LogP) is 4.21. The summed E-state index contributed by atoms with van der Waals surface area (Å²) in [4.78, 5) is 36.6. The Bertz CT molecular complexity index is 861. The number of hydrogen-bond donors (Lipinski definition) is 1. The van der Waals surface area contributed by atoms with E-state index in [1.165, 1.54) is 43.5 Å². The SMILES string of the molecule is O=C(COC(=O)CC12C[C@@H]3C[C@@H](CC(Br)(C3)C1)C2)NC(=O)c1ccc(OC(F)F)cc1. The number of carbonyl (C=O) groups excluding carboxylic acids is 3. The average Bonchev–Trinajstić information content (AvgIpc) is 2.64. The quantitative estimate of drug-likeness (QED) is 0.448. The van der Waals surface area contributed by atoms with E-state index in [2.05, 4.69) is 26.0 Å². The number of nitrogens with one attached hydrogen (secondary N) is 1. The molecule has 4 bridgehead atoms. The third-order valence-corrected chi connectivity index (χ3v) is 7.52. The topological polar surface area (TPSA) is 81.7 Å². The first-order valence-electron chi connectivity index (χ1n) is 10.4. The van der Waals surface area contributed by atoms with Gasteiger partial charge in [-0.2, -0.15) is 8.78 Å². The molecule has 0 aliphatic heterocycles. The molecule has 2 unspecified atom stereocenters. The van der Waals surface area contributed by atoms with Crippen LogP contribution in [-0.2, 0) is 14.3 Å². The van der Waals surface area contributed by atoms with Gasteiger partial charge in [-0.15, -0.1) is 0 Å². The lowest BCUT2D eigenvalue weighted by molar-refractivity contribution is -0.154. The molecule has 1 N–H and O–H groups in total. The smallest absolute Gasteiger partial charge is 0.387 e. The standard InChI is InChI=1S/C22H24BrF2NO5/c23-22-8-13-5-14(9-22)7-21(6-13,12-22)10-18(28)30-11-17(27)26-19(29)15-1-3-16(4-2-15)31-20(24)25/h1-4,13-14,20H,5-12H2,(H,26,27,29)/t13-,14+,21?,22?. The lowest BCUT2D eigenvalue weighted by atomic mass is 9.49. The van der Waals surface area contributed by atoms with Crippen LogP contribution in [0, 0.1) is 17.3 Å². The molecular weight excluding hydrogens is 476 g/mol. The highest BCUT2D eigenvalue weighted by molar-refractivity contribution is 9.10. The summed E-state index contributed by atoms with van der Waals surface area (Å²) in [6.07, 6.45) is 6.88. The first-order chi connectivity index (χ1) is 14.6. The van der Waals surface area contributed by atoms with Crippen LogP contribution in [-0.4, -0.2) is 35.3 Å². The minimum absolute atomic E-state index is 0.0565.